The van der Waals surface area contributed by atoms with Crippen LogP contribution in [0.3, 0.4) is 0 Å². The fourth-order valence-corrected chi connectivity index (χ4v) is 3.51. The molecule has 0 aliphatic rings. The number of aryl methyl sites for hydroxylation is 1. The molecule has 3 rings (SSSR count). The molecule has 6 heteroatoms. The van der Waals surface area contributed by atoms with E-state index in [1.54, 1.807) is 13.3 Å². The van der Waals surface area contributed by atoms with Gasteiger partial charge < -0.3 is 14.5 Å². The molecule has 0 aliphatic carbocycles. The smallest absolute Gasteiger partial charge is 0.271 e. The molecule has 1 amide bonds. The Hall–Kier alpha value is -2.86. The summed E-state index contributed by atoms with van der Waals surface area (Å²) in [7, 11) is 1.67. The molecule has 1 N–H and O–H groups in total. The predicted molar refractivity (Wildman–Crippen MR) is 111 cm³/mol. The number of hydrogen-bond acceptors (Lipinski definition) is 4. The van der Waals surface area contributed by atoms with Crippen LogP contribution in [-0.2, 0) is 0 Å². The molecule has 1 aromatic carbocycles. The first-order valence-electron chi connectivity index (χ1n) is 9.68. The lowest BCUT2D eigenvalue weighted by molar-refractivity contribution is 0.0930. The number of rotatable bonds is 8. The Morgan fingerprint density at radius 3 is 2.64 bits per heavy atom. The predicted octanol–water partition coefficient (Wildman–Crippen LogP) is 3.46. The SMILES string of the molecule is CCN(CC)C(CNC(=O)c1cn2c(C)cccc2n1)c1cccc(OC)c1. The number of pyridine rings is 1. The Bertz CT molecular complexity index is 947. The van der Waals surface area contributed by atoms with Crippen LogP contribution < -0.4 is 10.1 Å². The highest BCUT2D eigenvalue weighted by Gasteiger charge is 2.20. The number of amides is 1. The summed E-state index contributed by atoms with van der Waals surface area (Å²) < 4.78 is 7.30. The molecule has 0 spiro atoms. The van der Waals surface area contributed by atoms with Gasteiger partial charge in [-0.05, 0) is 49.8 Å². The van der Waals surface area contributed by atoms with Gasteiger partial charge in [0.1, 0.15) is 17.1 Å². The third-order valence-corrected chi connectivity index (χ3v) is 5.12. The van der Waals surface area contributed by atoms with E-state index in [0.29, 0.717) is 12.2 Å². The zero-order chi connectivity index (χ0) is 20.1. The van der Waals surface area contributed by atoms with Crippen LogP contribution in [-0.4, -0.2) is 46.9 Å². The van der Waals surface area contributed by atoms with Crippen LogP contribution >= 0.6 is 0 Å². The van der Waals surface area contributed by atoms with E-state index in [4.69, 9.17) is 4.74 Å². The van der Waals surface area contributed by atoms with Crippen molar-refractivity contribution in [3.63, 3.8) is 0 Å². The van der Waals surface area contributed by atoms with Crippen LogP contribution in [0.1, 0.15) is 41.6 Å². The summed E-state index contributed by atoms with van der Waals surface area (Å²) in [6, 6.07) is 13.9. The van der Waals surface area contributed by atoms with Crippen molar-refractivity contribution in [3.8, 4) is 5.75 Å². The number of benzene rings is 1. The van der Waals surface area contributed by atoms with Gasteiger partial charge in [-0.1, -0.05) is 32.0 Å². The van der Waals surface area contributed by atoms with Crippen molar-refractivity contribution < 1.29 is 9.53 Å². The molecule has 0 radical (unpaired) electrons. The second kappa shape index (κ2) is 8.89. The molecule has 2 heterocycles. The Balaban J connectivity index is 1.80. The van der Waals surface area contributed by atoms with Gasteiger partial charge in [-0.3, -0.25) is 9.69 Å². The van der Waals surface area contributed by atoms with Crippen molar-refractivity contribution in [3.05, 3.63) is 65.6 Å². The van der Waals surface area contributed by atoms with Gasteiger partial charge in [0.2, 0.25) is 0 Å². The van der Waals surface area contributed by atoms with E-state index in [0.717, 1.165) is 35.7 Å². The lowest BCUT2D eigenvalue weighted by atomic mass is 10.0. The van der Waals surface area contributed by atoms with Crippen LogP contribution in [0.25, 0.3) is 5.65 Å². The Labute approximate surface area is 166 Å². The first-order chi connectivity index (χ1) is 13.6. The molecule has 0 aliphatic heterocycles. The molecular formula is C22H28N4O2. The van der Waals surface area contributed by atoms with Crippen molar-refractivity contribution in [2.45, 2.75) is 26.8 Å². The lowest BCUT2D eigenvalue weighted by Gasteiger charge is -2.30. The summed E-state index contributed by atoms with van der Waals surface area (Å²) in [6.45, 7) is 8.53. The summed E-state index contributed by atoms with van der Waals surface area (Å²) in [6.07, 6.45) is 1.79. The van der Waals surface area contributed by atoms with Crippen LogP contribution in [0, 0.1) is 6.92 Å². The molecule has 3 aromatic rings. The van der Waals surface area contributed by atoms with Gasteiger partial charge in [0.25, 0.3) is 5.91 Å². The molecule has 148 valence electrons. The number of carbonyl (C=O) groups is 1. The highest BCUT2D eigenvalue weighted by molar-refractivity contribution is 5.92. The Morgan fingerprint density at radius 2 is 1.96 bits per heavy atom. The van der Waals surface area contributed by atoms with Crippen LogP contribution in [0.2, 0.25) is 0 Å². The molecule has 0 bridgehead atoms. The molecule has 2 aromatic heterocycles. The highest BCUT2D eigenvalue weighted by Crippen LogP contribution is 2.24. The fraction of sp³-hybridized carbons (Fsp3) is 0.364. The number of likely N-dealkylation sites (N-methyl/N-ethyl adjacent to an activating group) is 1. The van der Waals surface area contributed by atoms with E-state index in [-0.39, 0.29) is 11.9 Å². The molecule has 0 saturated heterocycles. The largest absolute Gasteiger partial charge is 0.497 e. The second-order valence-electron chi connectivity index (χ2n) is 6.75. The quantitative estimate of drug-likeness (QED) is 0.650. The topological polar surface area (TPSA) is 58.9 Å². The number of ether oxygens (including phenoxy) is 1. The van der Waals surface area contributed by atoms with Gasteiger partial charge in [-0.15, -0.1) is 0 Å². The monoisotopic (exact) mass is 380 g/mol. The number of aromatic nitrogens is 2. The maximum atomic E-state index is 12.8. The van der Waals surface area contributed by atoms with E-state index in [1.165, 1.54) is 0 Å². The number of nitrogens with zero attached hydrogens (tertiary/aromatic N) is 3. The van der Waals surface area contributed by atoms with Gasteiger partial charge in [-0.2, -0.15) is 0 Å². The van der Waals surface area contributed by atoms with E-state index < -0.39 is 0 Å². The summed E-state index contributed by atoms with van der Waals surface area (Å²) in [5.41, 5.74) is 3.37. The second-order valence-corrected chi connectivity index (χ2v) is 6.75. The zero-order valence-corrected chi connectivity index (χ0v) is 17.0. The summed E-state index contributed by atoms with van der Waals surface area (Å²) in [5, 5.41) is 3.07. The minimum Gasteiger partial charge on any atom is -0.497 e. The maximum Gasteiger partial charge on any atom is 0.271 e. The Kier molecular flexibility index (Phi) is 6.31. The maximum absolute atomic E-state index is 12.8. The molecular weight excluding hydrogens is 352 g/mol. The molecule has 0 fully saturated rings. The molecule has 0 saturated carbocycles. The Morgan fingerprint density at radius 1 is 1.21 bits per heavy atom. The number of nitrogens with one attached hydrogen (secondary N) is 1. The minimum absolute atomic E-state index is 0.0628. The van der Waals surface area contributed by atoms with E-state index in [1.807, 2.05) is 47.7 Å². The van der Waals surface area contributed by atoms with Crippen molar-refractivity contribution in [2.75, 3.05) is 26.7 Å². The normalized spacial score (nSPS) is 12.3. The van der Waals surface area contributed by atoms with Gasteiger partial charge in [-0.25, -0.2) is 4.98 Å². The zero-order valence-electron chi connectivity index (χ0n) is 17.0. The average molecular weight is 380 g/mol. The van der Waals surface area contributed by atoms with Gasteiger partial charge in [0, 0.05) is 18.4 Å². The summed E-state index contributed by atoms with van der Waals surface area (Å²) in [5.74, 6) is 0.653. The highest BCUT2D eigenvalue weighted by atomic mass is 16.5. The minimum atomic E-state index is -0.164. The number of carbonyl (C=O) groups excluding carboxylic acids is 1. The summed E-state index contributed by atoms with van der Waals surface area (Å²) in [4.78, 5) is 19.5. The van der Waals surface area contributed by atoms with E-state index in [9.17, 15) is 4.79 Å². The van der Waals surface area contributed by atoms with Gasteiger partial charge >= 0.3 is 0 Å². The van der Waals surface area contributed by atoms with Crippen molar-refractivity contribution >= 4 is 11.6 Å². The first-order valence-corrected chi connectivity index (χ1v) is 9.68. The number of fused-ring (bicyclic) bond motifs is 1. The van der Waals surface area contributed by atoms with E-state index >= 15 is 0 Å². The fourth-order valence-electron chi connectivity index (χ4n) is 3.51. The molecule has 1 unspecified atom stereocenters. The number of methoxy groups -OCH3 is 1. The van der Waals surface area contributed by atoms with Crippen LogP contribution in [0.4, 0.5) is 0 Å². The van der Waals surface area contributed by atoms with Crippen LogP contribution in [0.5, 0.6) is 5.75 Å². The third kappa shape index (κ3) is 4.17. The summed E-state index contributed by atoms with van der Waals surface area (Å²) >= 11 is 0. The first kappa shape index (κ1) is 19.9. The molecule has 6 nitrogen and oxygen atoms in total. The third-order valence-electron chi connectivity index (χ3n) is 5.12. The standard InChI is InChI=1S/C22H28N4O2/c1-5-25(6-2)20(17-10-8-11-18(13-17)28-4)14-23-22(27)19-15-26-16(3)9-7-12-21(26)24-19/h7-13,15,20H,5-6,14H2,1-4H3,(H,23,27). The van der Waals surface area contributed by atoms with Crippen LogP contribution in [0.15, 0.2) is 48.7 Å². The lowest BCUT2D eigenvalue weighted by Crippen LogP contribution is -2.38. The van der Waals surface area contributed by atoms with Gasteiger partial charge in [0.05, 0.1) is 13.2 Å². The van der Waals surface area contributed by atoms with Crippen molar-refractivity contribution in [1.82, 2.24) is 19.6 Å². The molecule has 28 heavy (non-hydrogen) atoms. The molecule has 1 atom stereocenters. The number of imidazole rings is 1. The number of hydrogen-bond donors (Lipinski definition) is 1. The van der Waals surface area contributed by atoms with Gasteiger partial charge in [0.15, 0.2) is 0 Å². The van der Waals surface area contributed by atoms with Crippen molar-refractivity contribution in [2.24, 2.45) is 0 Å². The van der Waals surface area contributed by atoms with E-state index in [2.05, 4.69) is 35.1 Å². The average Bonchev–Trinajstić information content (AvgIpc) is 3.17. The van der Waals surface area contributed by atoms with Crippen molar-refractivity contribution in [1.29, 1.82) is 0 Å².